The first-order valence-corrected chi connectivity index (χ1v) is 4.10. The fourth-order valence-electron chi connectivity index (χ4n) is 0.816. The maximum Gasteiger partial charge on any atom is 0.147 e. The Bertz CT molecular complexity index is 299. The molecule has 0 saturated carbocycles. The Morgan fingerprint density at radius 3 is 2.83 bits per heavy atom. The van der Waals surface area contributed by atoms with Crippen LogP contribution in [0.1, 0.15) is 11.6 Å². The standard InChI is InChI=1S/C8H8Cl2N2/c1-2-6(11)5-3-4-12-8(10)7(5)9/h2-4,6H,1,11H2/t6-/m0/s1. The van der Waals surface area contributed by atoms with Crippen LogP contribution in [0.25, 0.3) is 0 Å². The van der Waals surface area contributed by atoms with Crippen molar-refractivity contribution in [3.05, 3.63) is 40.7 Å². The van der Waals surface area contributed by atoms with E-state index in [1.165, 1.54) is 0 Å². The van der Waals surface area contributed by atoms with Gasteiger partial charge in [-0.15, -0.1) is 6.58 Å². The molecule has 0 bridgehead atoms. The highest BCUT2D eigenvalue weighted by molar-refractivity contribution is 6.41. The van der Waals surface area contributed by atoms with Crippen molar-refractivity contribution in [1.29, 1.82) is 0 Å². The summed E-state index contributed by atoms with van der Waals surface area (Å²) in [5.41, 5.74) is 6.42. The van der Waals surface area contributed by atoms with E-state index >= 15 is 0 Å². The van der Waals surface area contributed by atoms with Crippen LogP contribution in [0.2, 0.25) is 10.2 Å². The number of hydrogen-bond donors (Lipinski definition) is 1. The molecule has 0 aliphatic carbocycles. The Kier molecular flexibility index (Phi) is 3.09. The number of halogens is 2. The van der Waals surface area contributed by atoms with Gasteiger partial charge >= 0.3 is 0 Å². The Morgan fingerprint density at radius 2 is 2.25 bits per heavy atom. The second-order valence-electron chi connectivity index (χ2n) is 2.27. The van der Waals surface area contributed by atoms with Gasteiger partial charge in [0.15, 0.2) is 0 Å². The summed E-state index contributed by atoms with van der Waals surface area (Å²) in [7, 11) is 0. The van der Waals surface area contributed by atoms with E-state index < -0.39 is 0 Å². The molecule has 1 aromatic rings. The number of rotatable bonds is 2. The van der Waals surface area contributed by atoms with Gasteiger partial charge in [-0.05, 0) is 11.6 Å². The van der Waals surface area contributed by atoms with Crippen molar-refractivity contribution in [3.8, 4) is 0 Å². The fourth-order valence-corrected chi connectivity index (χ4v) is 1.22. The normalized spacial score (nSPS) is 12.6. The molecule has 4 heteroatoms. The van der Waals surface area contributed by atoms with Crippen molar-refractivity contribution >= 4 is 23.2 Å². The summed E-state index contributed by atoms with van der Waals surface area (Å²) in [6.07, 6.45) is 3.16. The quantitative estimate of drug-likeness (QED) is 0.592. The van der Waals surface area contributed by atoms with E-state index in [0.29, 0.717) is 5.02 Å². The summed E-state index contributed by atoms with van der Waals surface area (Å²) in [6, 6.07) is 1.43. The van der Waals surface area contributed by atoms with Gasteiger partial charge in [-0.3, -0.25) is 0 Å². The summed E-state index contributed by atoms with van der Waals surface area (Å²) in [6.45, 7) is 3.56. The number of nitrogens with two attached hydrogens (primary N) is 1. The van der Waals surface area contributed by atoms with Crippen LogP contribution in [0.3, 0.4) is 0 Å². The Labute approximate surface area is 81.0 Å². The van der Waals surface area contributed by atoms with Gasteiger partial charge in [0, 0.05) is 12.2 Å². The van der Waals surface area contributed by atoms with Crippen LogP contribution in [0, 0.1) is 0 Å². The predicted molar refractivity (Wildman–Crippen MR) is 51.4 cm³/mol. The van der Waals surface area contributed by atoms with Crippen molar-refractivity contribution in [2.75, 3.05) is 0 Å². The lowest BCUT2D eigenvalue weighted by Gasteiger charge is -2.08. The summed E-state index contributed by atoms with van der Waals surface area (Å²) >= 11 is 11.5. The van der Waals surface area contributed by atoms with Crippen LogP contribution in [-0.4, -0.2) is 4.98 Å². The molecular formula is C8H8Cl2N2. The molecule has 0 aromatic carbocycles. The first-order valence-electron chi connectivity index (χ1n) is 3.35. The molecule has 0 fully saturated rings. The predicted octanol–water partition coefficient (Wildman–Crippen LogP) is 2.57. The lowest BCUT2D eigenvalue weighted by molar-refractivity contribution is 0.910. The minimum Gasteiger partial charge on any atom is -0.321 e. The molecule has 2 nitrogen and oxygen atoms in total. The van der Waals surface area contributed by atoms with Gasteiger partial charge in [0.1, 0.15) is 5.15 Å². The minimum atomic E-state index is -0.294. The van der Waals surface area contributed by atoms with Gasteiger partial charge < -0.3 is 5.73 Å². The molecule has 64 valence electrons. The largest absolute Gasteiger partial charge is 0.321 e. The maximum absolute atomic E-state index is 5.84. The third-order valence-corrected chi connectivity index (χ3v) is 2.27. The SMILES string of the molecule is C=C[C@H](N)c1ccnc(Cl)c1Cl. The van der Waals surface area contributed by atoms with Gasteiger partial charge in [-0.25, -0.2) is 4.98 Å². The maximum atomic E-state index is 5.84. The van der Waals surface area contributed by atoms with E-state index in [0.717, 1.165) is 5.56 Å². The average Bonchev–Trinajstić information content (AvgIpc) is 2.08. The molecule has 0 aliphatic rings. The number of nitrogens with zero attached hydrogens (tertiary/aromatic N) is 1. The summed E-state index contributed by atoms with van der Waals surface area (Å²) in [5, 5.41) is 0.665. The van der Waals surface area contributed by atoms with Crippen molar-refractivity contribution in [3.63, 3.8) is 0 Å². The van der Waals surface area contributed by atoms with Gasteiger partial charge in [0.05, 0.1) is 5.02 Å². The van der Waals surface area contributed by atoms with Crippen molar-refractivity contribution in [2.45, 2.75) is 6.04 Å². The molecule has 0 radical (unpaired) electrons. The van der Waals surface area contributed by atoms with E-state index in [1.54, 1.807) is 18.3 Å². The highest BCUT2D eigenvalue weighted by atomic mass is 35.5. The summed E-state index contributed by atoms with van der Waals surface area (Å²) < 4.78 is 0. The first-order chi connectivity index (χ1) is 5.66. The van der Waals surface area contributed by atoms with E-state index in [9.17, 15) is 0 Å². The molecule has 0 amide bonds. The Hall–Kier alpha value is -0.570. The fraction of sp³-hybridized carbons (Fsp3) is 0.125. The van der Waals surface area contributed by atoms with Crippen molar-refractivity contribution in [1.82, 2.24) is 4.98 Å². The van der Waals surface area contributed by atoms with Crippen LogP contribution in [0.15, 0.2) is 24.9 Å². The van der Waals surface area contributed by atoms with E-state index in [1.807, 2.05) is 0 Å². The second-order valence-corrected chi connectivity index (χ2v) is 3.00. The average molecular weight is 203 g/mol. The molecule has 0 spiro atoms. The third-order valence-electron chi connectivity index (χ3n) is 1.49. The van der Waals surface area contributed by atoms with Gasteiger partial charge in [-0.1, -0.05) is 29.3 Å². The lowest BCUT2D eigenvalue weighted by atomic mass is 10.1. The Morgan fingerprint density at radius 1 is 1.58 bits per heavy atom. The summed E-state index contributed by atoms with van der Waals surface area (Å²) in [5.74, 6) is 0. The second kappa shape index (κ2) is 3.90. The highest BCUT2D eigenvalue weighted by Crippen LogP contribution is 2.27. The summed E-state index contributed by atoms with van der Waals surface area (Å²) in [4.78, 5) is 3.80. The van der Waals surface area contributed by atoms with E-state index in [-0.39, 0.29) is 11.2 Å². The molecule has 0 saturated heterocycles. The molecule has 1 atom stereocenters. The first kappa shape index (κ1) is 9.52. The zero-order chi connectivity index (χ0) is 9.14. The van der Waals surface area contributed by atoms with Gasteiger partial charge in [0.2, 0.25) is 0 Å². The third kappa shape index (κ3) is 1.78. The smallest absolute Gasteiger partial charge is 0.147 e. The Balaban J connectivity index is 3.15. The number of hydrogen-bond acceptors (Lipinski definition) is 2. The number of pyridine rings is 1. The van der Waals surface area contributed by atoms with Gasteiger partial charge in [0.25, 0.3) is 0 Å². The van der Waals surface area contributed by atoms with Crippen LogP contribution in [-0.2, 0) is 0 Å². The molecule has 1 heterocycles. The molecule has 2 N–H and O–H groups in total. The molecule has 1 rings (SSSR count). The van der Waals surface area contributed by atoms with Crippen LogP contribution >= 0.6 is 23.2 Å². The zero-order valence-corrected chi connectivity index (χ0v) is 7.81. The molecular weight excluding hydrogens is 195 g/mol. The van der Waals surface area contributed by atoms with Crippen LogP contribution in [0.4, 0.5) is 0 Å². The molecule has 0 aliphatic heterocycles. The lowest BCUT2D eigenvalue weighted by Crippen LogP contribution is -2.07. The zero-order valence-electron chi connectivity index (χ0n) is 6.30. The molecule has 0 unspecified atom stereocenters. The molecule has 1 aromatic heterocycles. The molecule has 12 heavy (non-hydrogen) atoms. The highest BCUT2D eigenvalue weighted by Gasteiger charge is 2.09. The van der Waals surface area contributed by atoms with E-state index in [2.05, 4.69) is 11.6 Å². The minimum absolute atomic E-state index is 0.270. The van der Waals surface area contributed by atoms with Crippen molar-refractivity contribution in [2.24, 2.45) is 5.73 Å². The van der Waals surface area contributed by atoms with E-state index in [4.69, 9.17) is 28.9 Å². The van der Waals surface area contributed by atoms with Gasteiger partial charge in [-0.2, -0.15) is 0 Å². The monoisotopic (exact) mass is 202 g/mol. The number of aromatic nitrogens is 1. The van der Waals surface area contributed by atoms with Crippen LogP contribution < -0.4 is 5.73 Å². The van der Waals surface area contributed by atoms with Crippen LogP contribution in [0.5, 0.6) is 0 Å². The topological polar surface area (TPSA) is 38.9 Å². The van der Waals surface area contributed by atoms with Crippen molar-refractivity contribution < 1.29 is 0 Å².